The first-order chi connectivity index (χ1) is 12.1. The van der Waals surface area contributed by atoms with Crippen molar-refractivity contribution in [1.82, 2.24) is 10.2 Å². The first kappa shape index (κ1) is 17.3. The second kappa shape index (κ2) is 7.58. The Morgan fingerprint density at radius 2 is 2.08 bits per heavy atom. The predicted molar refractivity (Wildman–Crippen MR) is 95.5 cm³/mol. The lowest BCUT2D eigenvalue weighted by atomic mass is 9.93. The van der Waals surface area contributed by atoms with Crippen LogP contribution in [0.25, 0.3) is 0 Å². The van der Waals surface area contributed by atoms with Gasteiger partial charge in [-0.2, -0.15) is 5.11 Å². The highest BCUT2D eigenvalue weighted by atomic mass is 16.3. The van der Waals surface area contributed by atoms with Crippen LogP contribution in [-0.4, -0.2) is 34.3 Å². The van der Waals surface area contributed by atoms with Gasteiger partial charge >= 0.3 is 0 Å². The highest BCUT2D eigenvalue weighted by molar-refractivity contribution is 5.45. The molecule has 1 unspecified atom stereocenters. The van der Waals surface area contributed by atoms with Gasteiger partial charge in [-0.05, 0) is 38.0 Å². The summed E-state index contributed by atoms with van der Waals surface area (Å²) < 4.78 is 0. The second-order valence-corrected chi connectivity index (χ2v) is 6.52. The Hall–Kier alpha value is -2.52. The standard InChI is InChI=1S/C19H24N4O2/c1-3-6-13-9-10-14(17(25)11-13)19-22-21-18(12-23(19)2)20-15-7-4-5-8-16(15)24/h9-12,15-16,19-20,24-25H,4-5,7-8H2,1-2H3/t15-,16-,19?/m1/s1. The summed E-state index contributed by atoms with van der Waals surface area (Å²) in [7, 11) is 1.89. The summed E-state index contributed by atoms with van der Waals surface area (Å²) in [6.07, 6.45) is 5.06. The summed E-state index contributed by atoms with van der Waals surface area (Å²) >= 11 is 0. The number of nitrogens with zero attached hydrogens (tertiary/aromatic N) is 3. The molecule has 3 N–H and O–H groups in total. The van der Waals surface area contributed by atoms with E-state index in [0.717, 1.165) is 31.2 Å². The van der Waals surface area contributed by atoms with Gasteiger partial charge in [0.25, 0.3) is 0 Å². The molecule has 3 rings (SSSR count). The van der Waals surface area contributed by atoms with Gasteiger partial charge in [0.1, 0.15) is 5.75 Å². The van der Waals surface area contributed by atoms with Gasteiger partial charge in [-0.25, -0.2) is 0 Å². The van der Waals surface area contributed by atoms with Crippen LogP contribution in [0, 0.1) is 11.8 Å². The minimum atomic E-state index is -0.384. The van der Waals surface area contributed by atoms with E-state index in [1.165, 1.54) is 0 Å². The van der Waals surface area contributed by atoms with Gasteiger partial charge in [-0.1, -0.05) is 18.8 Å². The van der Waals surface area contributed by atoms with Gasteiger partial charge in [0.05, 0.1) is 12.1 Å². The zero-order valence-corrected chi connectivity index (χ0v) is 14.6. The molecule has 0 radical (unpaired) electrons. The molecule has 1 saturated carbocycles. The smallest absolute Gasteiger partial charge is 0.171 e. The van der Waals surface area contributed by atoms with Crippen molar-refractivity contribution in [1.29, 1.82) is 0 Å². The van der Waals surface area contributed by atoms with Crippen LogP contribution in [0.3, 0.4) is 0 Å². The van der Waals surface area contributed by atoms with Gasteiger partial charge in [0.15, 0.2) is 12.0 Å². The number of rotatable bonds is 3. The van der Waals surface area contributed by atoms with E-state index in [0.29, 0.717) is 11.4 Å². The molecule has 1 aliphatic carbocycles. The number of aliphatic hydroxyl groups is 1. The number of aromatic hydroxyl groups is 1. The Labute approximate surface area is 148 Å². The maximum absolute atomic E-state index is 10.3. The van der Waals surface area contributed by atoms with E-state index in [4.69, 9.17) is 0 Å². The lowest BCUT2D eigenvalue weighted by Crippen LogP contribution is -2.42. The summed E-state index contributed by atoms with van der Waals surface area (Å²) in [4.78, 5) is 1.89. The number of azo groups is 1. The Balaban J connectivity index is 1.72. The summed E-state index contributed by atoms with van der Waals surface area (Å²) in [5.41, 5.74) is 1.45. The topological polar surface area (TPSA) is 80.5 Å². The van der Waals surface area contributed by atoms with Gasteiger partial charge in [-0.15, -0.1) is 11.0 Å². The van der Waals surface area contributed by atoms with Crippen molar-refractivity contribution >= 4 is 0 Å². The average Bonchev–Trinajstić information content (AvgIpc) is 2.58. The largest absolute Gasteiger partial charge is 0.507 e. The lowest BCUT2D eigenvalue weighted by molar-refractivity contribution is 0.0945. The molecule has 2 aliphatic rings. The van der Waals surface area contributed by atoms with Crippen LogP contribution in [0.4, 0.5) is 0 Å². The fraction of sp³-hybridized carbons (Fsp3) is 0.474. The SMILES string of the molecule is CC#Cc1ccc(C2N=NC(N[C@@H]3CCCC[C@H]3O)=CN2C)c(O)c1. The molecular weight excluding hydrogens is 316 g/mol. The summed E-state index contributed by atoms with van der Waals surface area (Å²) in [5.74, 6) is 6.53. The number of benzene rings is 1. The van der Waals surface area contributed by atoms with E-state index in [9.17, 15) is 10.2 Å². The molecule has 1 aliphatic heterocycles. The molecule has 132 valence electrons. The number of phenols is 1. The van der Waals surface area contributed by atoms with Crippen molar-refractivity contribution in [3.63, 3.8) is 0 Å². The van der Waals surface area contributed by atoms with Gasteiger partial charge in [0, 0.05) is 24.4 Å². The Kier molecular flexibility index (Phi) is 5.25. The first-order valence-electron chi connectivity index (χ1n) is 8.63. The molecule has 0 saturated heterocycles. The molecule has 3 atom stereocenters. The van der Waals surface area contributed by atoms with Crippen molar-refractivity contribution in [3.8, 4) is 17.6 Å². The second-order valence-electron chi connectivity index (χ2n) is 6.52. The maximum atomic E-state index is 10.3. The zero-order valence-electron chi connectivity index (χ0n) is 14.6. The average molecular weight is 340 g/mol. The normalized spacial score (nSPS) is 25.8. The van der Waals surface area contributed by atoms with E-state index in [1.807, 2.05) is 30.3 Å². The molecular formula is C19H24N4O2. The van der Waals surface area contributed by atoms with Crippen molar-refractivity contribution < 1.29 is 10.2 Å². The number of phenolic OH excluding ortho intramolecular Hbond substituents is 1. The van der Waals surface area contributed by atoms with E-state index >= 15 is 0 Å². The molecule has 0 bridgehead atoms. The first-order valence-corrected chi connectivity index (χ1v) is 8.63. The minimum Gasteiger partial charge on any atom is -0.507 e. The number of aliphatic hydroxyl groups excluding tert-OH is 1. The summed E-state index contributed by atoms with van der Waals surface area (Å²) in [6, 6.07) is 5.35. The van der Waals surface area contributed by atoms with Crippen molar-refractivity contribution in [3.05, 3.63) is 41.3 Å². The van der Waals surface area contributed by atoms with Gasteiger partial charge in [-0.3, -0.25) is 0 Å². The van der Waals surface area contributed by atoms with Crippen molar-refractivity contribution in [2.75, 3.05) is 7.05 Å². The zero-order chi connectivity index (χ0) is 17.8. The summed E-state index contributed by atoms with van der Waals surface area (Å²) in [5, 5.41) is 32.2. The van der Waals surface area contributed by atoms with Crippen LogP contribution in [0.5, 0.6) is 5.75 Å². The molecule has 0 amide bonds. The van der Waals surface area contributed by atoms with E-state index < -0.39 is 0 Å². The number of hydrogen-bond donors (Lipinski definition) is 3. The Morgan fingerprint density at radius 3 is 2.76 bits per heavy atom. The lowest BCUT2D eigenvalue weighted by Gasteiger charge is -2.32. The van der Waals surface area contributed by atoms with Crippen LogP contribution in [0.15, 0.2) is 40.4 Å². The highest BCUT2D eigenvalue weighted by Crippen LogP contribution is 2.33. The fourth-order valence-electron chi connectivity index (χ4n) is 3.29. The molecule has 0 aromatic heterocycles. The molecule has 6 nitrogen and oxygen atoms in total. The van der Waals surface area contributed by atoms with Gasteiger partial charge in [0.2, 0.25) is 0 Å². The molecule has 0 spiro atoms. The third kappa shape index (κ3) is 3.94. The molecule has 1 fully saturated rings. The minimum absolute atomic E-state index is 0.0178. The Bertz CT molecular complexity index is 748. The van der Waals surface area contributed by atoms with Crippen LogP contribution < -0.4 is 5.32 Å². The van der Waals surface area contributed by atoms with E-state index in [-0.39, 0.29) is 24.1 Å². The van der Waals surface area contributed by atoms with E-state index in [2.05, 4.69) is 27.4 Å². The van der Waals surface area contributed by atoms with Crippen molar-refractivity contribution in [2.24, 2.45) is 10.2 Å². The number of hydrogen-bond acceptors (Lipinski definition) is 6. The number of nitrogens with one attached hydrogen (secondary N) is 1. The predicted octanol–water partition coefficient (Wildman–Crippen LogP) is 2.85. The van der Waals surface area contributed by atoms with E-state index in [1.54, 1.807) is 13.0 Å². The maximum Gasteiger partial charge on any atom is 0.171 e. The summed E-state index contributed by atoms with van der Waals surface area (Å²) in [6.45, 7) is 1.76. The fourth-order valence-corrected chi connectivity index (χ4v) is 3.29. The van der Waals surface area contributed by atoms with Crippen LogP contribution >= 0.6 is 0 Å². The molecule has 1 aromatic rings. The quantitative estimate of drug-likeness (QED) is 0.739. The highest BCUT2D eigenvalue weighted by Gasteiger charge is 2.26. The third-order valence-electron chi connectivity index (χ3n) is 4.63. The van der Waals surface area contributed by atoms with Gasteiger partial charge < -0.3 is 20.4 Å². The Morgan fingerprint density at radius 1 is 1.28 bits per heavy atom. The third-order valence-corrected chi connectivity index (χ3v) is 4.63. The molecule has 1 aromatic carbocycles. The van der Waals surface area contributed by atoms with Crippen molar-refractivity contribution in [2.45, 2.75) is 50.9 Å². The van der Waals surface area contributed by atoms with Crippen LogP contribution in [0.1, 0.15) is 49.9 Å². The van der Waals surface area contributed by atoms with Crippen LogP contribution in [-0.2, 0) is 0 Å². The van der Waals surface area contributed by atoms with Crippen LogP contribution in [0.2, 0.25) is 0 Å². The molecule has 25 heavy (non-hydrogen) atoms. The molecule has 6 heteroatoms. The molecule has 1 heterocycles. The monoisotopic (exact) mass is 340 g/mol.